The fourth-order valence-corrected chi connectivity index (χ4v) is 2.44. The Morgan fingerprint density at radius 3 is 2.79 bits per heavy atom. The van der Waals surface area contributed by atoms with Crippen molar-refractivity contribution in [1.29, 1.82) is 0 Å². The van der Waals surface area contributed by atoms with Crippen LogP contribution in [0.1, 0.15) is 5.56 Å². The number of carbonyl (C=O) groups is 3. The van der Waals surface area contributed by atoms with Crippen molar-refractivity contribution in [2.45, 2.75) is 13.0 Å². The molecule has 6 nitrogen and oxygen atoms in total. The molecule has 0 aromatic heterocycles. The number of hydrogen-bond donors (Lipinski definition) is 1. The van der Waals surface area contributed by atoms with Gasteiger partial charge < -0.3 is 10.2 Å². The number of benzene rings is 1. The van der Waals surface area contributed by atoms with Crippen LogP contribution in [0.4, 0.5) is 10.5 Å². The maximum Gasteiger partial charge on any atom is 0.332 e. The monoisotopic (exact) mass is 259 g/mol. The number of carbonyl (C=O) groups excluding carboxylic acids is 3. The van der Waals surface area contributed by atoms with E-state index in [4.69, 9.17) is 0 Å². The smallest absolute Gasteiger partial charge is 0.332 e. The normalized spacial score (nSPS) is 22.6. The molecule has 2 fully saturated rings. The molecule has 0 saturated carbocycles. The predicted octanol–water partition coefficient (Wildman–Crippen LogP) is 0.262. The number of imide groups is 1. The lowest BCUT2D eigenvalue weighted by molar-refractivity contribution is -0.126. The van der Waals surface area contributed by atoms with Gasteiger partial charge in [-0.25, -0.2) is 9.69 Å². The number of aryl methyl sites for hydroxylation is 1. The van der Waals surface area contributed by atoms with Crippen molar-refractivity contribution in [2.75, 3.05) is 18.0 Å². The predicted molar refractivity (Wildman–Crippen MR) is 67.6 cm³/mol. The van der Waals surface area contributed by atoms with Crippen LogP contribution < -0.4 is 10.2 Å². The van der Waals surface area contributed by atoms with Gasteiger partial charge in [-0.2, -0.15) is 0 Å². The Morgan fingerprint density at radius 2 is 2.05 bits per heavy atom. The summed E-state index contributed by atoms with van der Waals surface area (Å²) in [7, 11) is 0. The number of rotatable bonds is 1. The van der Waals surface area contributed by atoms with Crippen LogP contribution in [0.25, 0.3) is 0 Å². The van der Waals surface area contributed by atoms with Crippen LogP contribution in [-0.4, -0.2) is 41.9 Å². The van der Waals surface area contributed by atoms with Crippen LogP contribution in [-0.2, 0) is 9.59 Å². The number of hydrogen-bond acceptors (Lipinski definition) is 3. The molecule has 0 spiro atoms. The lowest BCUT2D eigenvalue weighted by Gasteiger charge is -2.26. The van der Waals surface area contributed by atoms with Gasteiger partial charge in [0.2, 0.25) is 5.91 Å². The van der Waals surface area contributed by atoms with E-state index in [9.17, 15) is 14.4 Å². The fourth-order valence-electron chi connectivity index (χ4n) is 2.44. The van der Waals surface area contributed by atoms with Crippen molar-refractivity contribution in [3.8, 4) is 0 Å². The van der Waals surface area contributed by atoms with Crippen LogP contribution in [0.5, 0.6) is 0 Å². The Morgan fingerprint density at radius 1 is 1.26 bits per heavy atom. The van der Waals surface area contributed by atoms with Gasteiger partial charge >= 0.3 is 6.03 Å². The topological polar surface area (TPSA) is 69.7 Å². The standard InChI is InChI=1S/C13H13N3O3/c1-8-3-2-4-9(5-8)16-12(18)10-6-14-11(17)7-15(10)13(16)19/h2-5,10H,6-7H2,1H3,(H,14,17). The molecule has 19 heavy (non-hydrogen) atoms. The first-order valence-electron chi connectivity index (χ1n) is 6.06. The number of nitrogens with one attached hydrogen (secondary N) is 1. The molecule has 1 unspecified atom stereocenters. The van der Waals surface area contributed by atoms with Gasteiger partial charge in [-0.05, 0) is 24.6 Å². The van der Waals surface area contributed by atoms with Gasteiger partial charge in [-0.15, -0.1) is 0 Å². The van der Waals surface area contributed by atoms with Gasteiger partial charge in [0.25, 0.3) is 5.91 Å². The molecule has 3 rings (SSSR count). The first kappa shape index (κ1) is 11.7. The van der Waals surface area contributed by atoms with E-state index in [1.165, 1.54) is 4.90 Å². The number of anilines is 1. The molecule has 0 bridgehead atoms. The maximum absolute atomic E-state index is 12.3. The molecule has 2 saturated heterocycles. The quantitative estimate of drug-likeness (QED) is 0.736. The minimum atomic E-state index is -0.578. The summed E-state index contributed by atoms with van der Waals surface area (Å²) < 4.78 is 0. The van der Waals surface area contributed by atoms with E-state index in [0.29, 0.717) is 5.69 Å². The highest BCUT2D eigenvalue weighted by molar-refractivity contribution is 6.22. The Bertz CT molecular complexity index is 584. The number of fused-ring (bicyclic) bond motifs is 1. The maximum atomic E-state index is 12.3. The van der Waals surface area contributed by atoms with Gasteiger partial charge in [0.1, 0.15) is 12.6 Å². The zero-order valence-electron chi connectivity index (χ0n) is 10.4. The second-order valence-electron chi connectivity index (χ2n) is 4.74. The van der Waals surface area contributed by atoms with Crippen LogP contribution in [0.3, 0.4) is 0 Å². The molecule has 1 aromatic rings. The summed E-state index contributed by atoms with van der Waals surface area (Å²) in [6, 6.07) is 6.19. The molecular formula is C13H13N3O3. The van der Waals surface area contributed by atoms with Crippen LogP contribution in [0.2, 0.25) is 0 Å². The van der Waals surface area contributed by atoms with E-state index in [0.717, 1.165) is 10.5 Å². The zero-order valence-corrected chi connectivity index (χ0v) is 10.4. The first-order chi connectivity index (χ1) is 9.08. The van der Waals surface area contributed by atoms with Crippen molar-refractivity contribution in [3.63, 3.8) is 0 Å². The third-order valence-electron chi connectivity index (χ3n) is 3.39. The van der Waals surface area contributed by atoms with E-state index in [1.54, 1.807) is 18.2 Å². The fraction of sp³-hybridized carbons (Fsp3) is 0.308. The number of urea groups is 1. The van der Waals surface area contributed by atoms with Crippen LogP contribution in [0, 0.1) is 6.92 Å². The Hall–Kier alpha value is -2.37. The number of nitrogens with zero attached hydrogens (tertiary/aromatic N) is 2. The minimum absolute atomic E-state index is 0.0580. The van der Waals surface area contributed by atoms with Crippen molar-refractivity contribution in [2.24, 2.45) is 0 Å². The summed E-state index contributed by atoms with van der Waals surface area (Å²) in [6.45, 7) is 2.02. The average molecular weight is 259 g/mol. The third kappa shape index (κ3) is 1.76. The largest absolute Gasteiger partial charge is 0.352 e. The highest BCUT2D eigenvalue weighted by atomic mass is 16.2. The van der Waals surface area contributed by atoms with E-state index in [2.05, 4.69) is 5.32 Å². The second kappa shape index (κ2) is 4.08. The summed E-state index contributed by atoms with van der Waals surface area (Å²) in [5, 5.41) is 2.61. The Labute approximate surface area is 110 Å². The van der Waals surface area contributed by atoms with Crippen molar-refractivity contribution < 1.29 is 14.4 Å². The molecule has 2 aliphatic heterocycles. The number of piperazine rings is 1. The summed E-state index contributed by atoms with van der Waals surface area (Å²) >= 11 is 0. The molecule has 2 aliphatic rings. The minimum Gasteiger partial charge on any atom is -0.352 e. The third-order valence-corrected chi connectivity index (χ3v) is 3.39. The van der Waals surface area contributed by atoms with Gasteiger partial charge in [0.15, 0.2) is 0 Å². The average Bonchev–Trinajstić information content (AvgIpc) is 2.61. The Balaban J connectivity index is 1.97. The molecule has 0 radical (unpaired) electrons. The van der Waals surface area contributed by atoms with E-state index in [-0.39, 0.29) is 24.9 Å². The van der Waals surface area contributed by atoms with Gasteiger partial charge in [-0.1, -0.05) is 12.1 Å². The summed E-state index contributed by atoms with van der Waals surface area (Å²) in [5.74, 6) is -0.515. The molecule has 98 valence electrons. The van der Waals surface area contributed by atoms with Crippen LogP contribution >= 0.6 is 0 Å². The summed E-state index contributed by atoms with van der Waals surface area (Å²) in [5.41, 5.74) is 1.52. The second-order valence-corrected chi connectivity index (χ2v) is 4.74. The van der Waals surface area contributed by atoms with Gasteiger partial charge in [0.05, 0.1) is 5.69 Å². The van der Waals surface area contributed by atoms with Gasteiger partial charge in [-0.3, -0.25) is 9.59 Å². The van der Waals surface area contributed by atoms with Crippen molar-refractivity contribution in [3.05, 3.63) is 29.8 Å². The van der Waals surface area contributed by atoms with E-state index >= 15 is 0 Å². The zero-order chi connectivity index (χ0) is 13.6. The van der Waals surface area contributed by atoms with Crippen LogP contribution in [0.15, 0.2) is 24.3 Å². The molecule has 1 atom stereocenters. The van der Waals surface area contributed by atoms with Gasteiger partial charge in [0, 0.05) is 6.54 Å². The molecule has 4 amide bonds. The van der Waals surface area contributed by atoms with Crippen molar-refractivity contribution >= 4 is 23.5 Å². The molecular weight excluding hydrogens is 246 g/mol. The van der Waals surface area contributed by atoms with E-state index in [1.807, 2.05) is 13.0 Å². The lowest BCUT2D eigenvalue weighted by Crippen LogP contribution is -2.54. The Kier molecular flexibility index (Phi) is 2.51. The summed E-state index contributed by atoms with van der Waals surface area (Å²) in [6.07, 6.45) is 0. The lowest BCUT2D eigenvalue weighted by atomic mass is 10.2. The molecule has 2 heterocycles. The number of amides is 4. The molecule has 0 aliphatic carbocycles. The molecule has 6 heteroatoms. The molecule has 1 aromatic carbocycles. The van der Waals surface area contributed by atoms with E-state index < -0.39 is 12.1 Å². The highest BCUT2D eigenvalue weighted by Gasteiger charge is 2.48. The van der Waals surface area contributed by atoms with Crippen molar-refractivity contribution in [1.82, 2.24) is 10.2 Å². The SMILES string of the molecule is Cc1cccc(N2C(=O)C3CNC(=O)CN3C2=O)c1. The summed E-state index contributed by atoms with van der Waals surface area (Å²) in [4.78, 5) is 38.3. The first-order valence-corrected chi connectivity index (χ1v) is 6.06. The highest BCUT2D eigenvalue weighted by Crippen LogP contribution is 2.26. The molecule has 1 N–H and O–H groups in total.